The van der Waals surface area contributed by atoms with Crippen molar-refractivity contribution in [3.63, 3.8) is 0 Å². The molecular formula is C11H11ClO3S. The summed E-state index contributed by atoms with van der Waals surface area (Å²) in [5, 5.41) is 0. The molecule has 0 aromatic heterocycles. The van der Waals surface area contributed by atoms with Crippen molar-refractivity contribution in [2.45, 2.75) is 11.5 Å². The van der Waals surface area contributed by atoms with Gasteiger partial charge in [0.1, 0.15) is 5.44 Å². The molecule has 0 spiro atoms. The number of hydrogen-bond donors (Lipinski definition) is 0. The first-order chi connectivity index (χ1) is 7.86. The van der Waals surface area contributed by atoms with Crippen LogP contribution in [0.4, 0.5) is 0 Å². The Labute approximate surface area is 103 Å². The molecule has 16 heavy (non-hydrogen) atoms. The van der Waals surface area contributed by atoms with Gasteiger partial charge in [0.2, 0.25) is 6.79 Å². The second-order valence-electron chi connectivity index (χ2n) is 3.69. The van der Waals surface area contributed by atoms with Crippen molar-refractivity contribution in [3.05, 3.63) is 23.8 Å². The van der Waals surface area contributed by atoms with Gasteiger partial charge in [0, 0.05) is 11.6 Å². The van der Waals surface area contributed by atoms with E-state index < -0.39 is 0 Å². The van der Waals surface area contributed by atoms with E-state index in [1.165, 1.54) is 0 Å². The third kappa shape index (κ3) is 1.85. The van der Waals surface area contributed by atoms with Gasteiger partial charge in [-0.15, -0.1) is 23.4 Å². The van der Waals surface area contributed by atoms with E-state index in [1.807, 2.05) is 18.2 Å². The predicted octanol–water partition coefficient (Wildman–Crippen LogP) is 2.78. The maximum Gasteiger partial charge on any atom is 0.231 e. The van der Waals surface area contributed by atoms with E-state index in [9.17, 15) is 0 Å². The third-order valence-corrected chi connectivity index (χ3v) is 4.18. The summed E-state index contributed by atoms with van der Waals surface area (Å²) in [4.78, 5) is 0. The van der Waals surface area contributed by atoms with Crippen LogP contribution >= 0.6 is 23.4 Å². The molecule has 0 bridgehead atoms. The van der Waals surface area contributed by atoms with Crippen molar-refractivity contribution < 1.29 is 14.2 Å². The average molecular weight is 259 g/mol. The van der Waals surface area contributed by atoms with Crippen LogP contribution in [0.2, 0.25) is 0 Å². The second kappa shape index (κ2) is 4.35. The molecule has 2 aliphatic heterocycles. The molecule has 2 aliphatic rings. The van der Waals surface area contributed by atoms with Gasteiger partial charge in [-0.05, 0) is 17.7 Å². The van der Waals surface area contributed by atoms with E-state index in [0.29, 0.717) is 12.7 Å². The number of ether oxygens (including phenoxy) is 3. The van der Waals surface area contributed by atoms with Gasteiger partial charge in [-0.25, -0.2) is 0 Å². The van der Waals surface area contributed by atoms with Crippen molar-refractivity contribution in [2.24, 2.45) is 0 Å². The van der Waals surface area contributed by atoms with Crippen LogP contribution in [0.1, 0.15) is 11.0 Å². The Bertz CT molecular complexity index is 399. The van der Waals surface area contributed by atoms with Crippen LogP contribution in [0.5, 0.6) is 11.5 Å². The monoisotopic (exact) mass is 258 g/mol. The van der Waals surface area contributed by atoms with E-state index in [0.717, 1.165) is 22.8 Å². The Morgan fingerprint density at radius 3 is 3.00 bits per heavy atom. The van der Waals surface area contributed by atoms with E-state index in [-0.39, 0.29) is 11.5 Å². The van der Waals surface area contributed by atoms with Crippen LogP contribution < -0.4 is 9.47 Å². The predicted molar refractivity (Wildman–Crippen MR) is 63.4 cm³/mol. The van der Waals surface area contributed by atoms with E-state index in [4.69, 9.17) is 25.8 Å². The van der Waals surface area contributed by atoms with Crippen LogP contribution in [0, 0.1) is 0 Å². The fraction of sp³-hybridized carbons (Fsp3) is 0.455. The van der Waals surface area contributed by atoms with Gasteiger partial charge in [0.15, 0.2) is 11.5 Å². The zero-order valence-corrected chi connectivity index (χ0v) is 10.1. The molecule has 0 amide bonds. The minimum atomic E-state index is 0.0678. The fourth-order valence-electron chi connectivity index (χ4n) is 1.76. The third-order valence-electron chi connectivity index (χ3n) is 2.59. The highest BCUT2D eigenvalue weighted by atomic mass is 35.5. The van der Waals surface area contributed by atoms with E-state index in [1.54, 1.807) is 11.8 Å². The molecule has 5 heteroatoms. The minimum Gasteiger partial charge on any atom is -0.454 e. The molecule has 0 unspecified atom stereocenters. The maximum atomic E-state index is 5.79. The van der Waals surface area contributed by atoms with Gasteiger partial charge in [-0.2, -0.15) is 0 Å². The lowest BCUT2D eigenvalue weighted by molar-refractivity contribution is 0.0809. The first-order valence-corrected chi connectivity index (χ1v) is 6.68. The molecule has 86 valence electrons. The highest BCUT2D eigenvalue weighted by Gasteiger charge is 2.27. The van der Waals surface area contributed by atoms with Crippen molar-refractivity contribution in [3.8, 4) is 11.5 Å². The van der Waals surface area contributed by atoms with Gasteiger partial charge in [0.25, 0.3) is 0 Å². The number of thioether (sulfide) groups is 1. The van der Waals surface area contributed by atoms with Crippen molar-refractivity contribution >= 4 is 23.4 Å². The second-order valence-corrected chi connectivity index (χ2v) is 5.09. The summed E-state index contributed by atoms with van der Waals surface area (Å²) in [7, 11) is 0. The smallest absolute Gasteiger partial charge is 0.231 e. The molecule has 3 nitrogen and oxygen atoms in total. The van der Waals surface area contributed by atoms with Crippen LogP contribution in [0.15, 0.2) is 18.2 Å². The first kappa shape index (κ1) is 10.6. The molecule has 1 aromatic rings. The summed E-state index contributed by atoms with van der Waals surface area (Å²) in [5.74, 6) is 3.10. The van der Waals surface area contributed by atoms with Crippen molar-refractivity contribution in [2.75, 3.05) is 18.4 Å². The van der Waals surface area contributed by atoms with Crippen molar-refractivity contribution in [1.82, 2.24) is 0 Å². The van der Waals surface area contributed by atoms with Gasteiger partial charge in [-0.3, -0.25) is 0 Å². The summed E-state index contributed by atoms with van der Waals surface area (Å²) in [6.45, 7) is 0.307. The van der Waals surface area contributed by atoms with Crippen molar-refractivity contribution in [1.29, 1.82) is 0 Å². The summed E-state index contributed by atoms with van der Waals surface area (Å²) < 4.78 is 16.4. The quantitative estimate of drug-likeness (QED) is 0.763. The Hall–Kier alpha value is -0.580. The topological polar surface area (TPSA) is 27.7 Å². The molecule has 3 rings (SSSR count). The van der Waals surface area contributed by atoms with Gasteiger partial charge in [0.05, 0.1) is 6.10 Å². The maximum absolute atomic E-state index is 5.79. The molecule has 2 atom stereocenters. The first-order valence-electron chi connectivity index (χ1n) is 5.09. The Kier molecular flexibility index (Phi) is 2.88. The number of halogens is 1. The van der Waals surface area contributed by atoms with Gasteiger partial charge in [-0.1, -0.05) is 6.07 Å². The molecule has 0 aliphatic carbocycles. The highest BCUT2D eigenvalue weighted by molar-refractivity contribution is 7.99. The molecule has 2 heterocycles. The van der Waals surface area contributed by atoms with Crippen LogP contribution in [0.3, 0.4) is 0 Å². The Morgan fingerprint density at radius 1 is 1.31 bits per heavy atom. The molecule has 1 aromatic carbocycles. The normalized spacial score (nSPS) is 27.3. The molecule has 1 saturated heterocycles. The zero-order chi connectivity index (χ0) is 11.0. The largest absolute Gasteiger partial charge is 0.454 e. The zero-order valence-electron chi connectivity index (χ0n) is 8.52. The standard InChI is InChI=1S/C11H11ClO3S/c12-4-8-5-16-11(15-8)7-1-2-9-10(3-7)14-6-13-9/h1-3,8,11H,4-6H2/t8-,11+/m1/s1. The molecule has 0 saturated carbocycles. The van der Waals surface area contributed by atoms with E-state index in [2.05, 4.69) is 0 Å². The lowest BCUT2D eigenvalue weighted by Gasteiger charge is -2.11. The average Bonchev–Trinajstić information content (AvgIpc) is 2.96. The fourth-order valence-corrected chi connectivity index (χ4v) is 3.24. The Morgan fingerprint density at radius 2 is 2.19 bits per heavy atom. The highest BCUT2D eigenvalue weighted by Crippen LogP contribution is 2.42. The summed E-state index contributed by atoms with van der Waals surface area (Å²) in [6.07, 6.45) is 0.155. The van der Waals surface area contributed by atoms with Crippen LogP contribution in [-0.2, 0) is 4.74 Å². The van der Waals surface area contributed by atoms with Crippen LogP contribution in [0.25, 0.3) is 0 Å². The Balaban J connectivity index is 1.80. The summed E-state index contributed by atoms with van der Waals surface area (Å²) >= 11 is 7.54. The van der Waals surface area contributed by atoms with Gasteiger partial charge >= 0.3 is 0 Å². The molecule has 0 radical (unpaired) electrons. The number of rotatable bonds is 2. The summed E-state index contributed by atoms with van der Waals surface area (Å²) in [6, 6.07) is 5.92. The number of benzene rings is 1. The van der Waals surface area contributed by atoms with E-state index >= 15 is 0 Å². The van der Waals surface area contributed by atoms with Crippen LogP contribution in [-0.4, -0.2) is 24.5 Å². The molecule has 1 fully saturated rings. The minimum absolute atomic E-state index is 0.0678. The number of fused-ring (bicyclic) bond motifs is 1. The number of alkyl halides is 1. The SMILES string of the molecule is ClC[C@@H]1CS[C@@H](c2ccc3c(c2)OCO3)O1. The lowest BCUT2D eigenvalue weighted by atomic mass is 10.2. The van der Waals surface area contributed by atoms with Gasteiger partial charge < -0.3 is 14.2 Å². The lowest BCUT2D eigenvalue weighted by Crippen LogP contribution is -2.10. The number of hydrogen-bond acceptors (Lipinski definition) is 4. The summed E-state index contributed by atoms with van der Waals surface area (Å²) in [5.41, 5.74) is 1.18. The molecule has 0 N–H and O–H groups in total. The molecular weight excluding hydrogens is 248 g/mol.